The average molecular weight is 269 g/mol. The Morgan fingerprint density at radius 1 is 1.44 bits per heavy atom. The lowest BCUT2D eigenvalue weighted by atomic mass is 9.83. The molecule has 4 nitrogen and oxygen atoms in total. The Morgan fingerprint density at radius 2 is 2.00 bits per heavy atom. The molecule has 1 aliphatic heterocycles. The van der Waals surface area contributed by atoms with Gasteiger partial charge < -0.3 is 14.7 Å². The Labute approximate surface area is 104 Å². The lowest BCUT2D eigenvalue weighted by Gasteiger charge is -2.49. The fourth-order valence-corrected chi connectivity index (χ4v) is 1.66. The van der Waals surface area contributed by atoms with Crippen molar-refractivity contribution >= 4 is 5.91 Å². The maximum Gasteiger partial charge on any atom is 0.411 e. The number of likely N-dealkylation sites (tertiary alicyclic amines) is 1. The third-order valence-electron chi connectivity index (χ3n) is 3.08. The first-order valence-electron chi connectivity index (χ1n) is 5.79. The number of alkyl halides is 3. The van der Waals surface area contributed by atoms with E-state index in [0.29, 0.717) is 0 Å². The molecular weight excluding hydrogens is 251 g/mol. The molecule has 106 valence electrons. The van der Waals surface area contributed by atoms with E-state index in [1.807, 2.05) is 13.8 Å². The Balaban J connectivity index is 2.17. The van der Waals surface area contributed by atoms with Crippen LogP contribution >= 0.6 is 0 Å². The number of β-amino-alcohol motifs (C(OH)–C–C–N with tert-alkyl or cyclic N) is 1. The lowest BCUT2D eigenvalue weighted by Crippen LogP contribution is -2.66. The normalized spacial score (nSPS) is 18.9. The maximum atomic E-state index is 11.8. The number of hydrogen-bond acceptors (Lipinski definition) is 3. The molecule has 1 N–H and O–H groups in total. The van der Waals surface area contributed by atoms with Crippen molar-refractivity contribution in [2.45, 2.75) is 32.0 Å². The molecule has 7 heteroatoms. The molecule has 1 heterocycles. The van der Waals surface area contributed by atoms with E-state index in [1.54, 1.807) is 0 Å². The van der Waals surface area contributed by atoms with Crippen LogP contribution in [0.2, 0.25) is 0 Å². The molecule has 0 aromatic carbocycles. The third-order valence-corrected chi connectivity index (χ3v) is 3.08. The summed E-state index contributed by atoms with van der Waals surface area (Å²) in [7, 11) is 0. The van der Waals surface area contributed by atoms with Gasteiger partial charge in [-0.25, -0.2) is 0 Å². The van der Waals surface area contributed by atoms with Gasteiger partial charge in [-0.15, -0.1) is 0 Å². The molecule has 1 rings (SSSR count). The molecule has 1 fully saturated rings. The number of hydrogen-bond donors (Lipinski definition) is 1. The SMILES string of the molecule is CC(C)C1(O)CN(C(=O)CCOCC(F)(F)F)C1. The van der Waals surface area contributed by atoms with Gasteiger partial charge in [-0.2, -0.15) is 13.2 Å². The van der Waals surface area contributed by atoms with Gasteiger partial charge in [0.2, 0.25) is 5.91 Å². The molecule has 0 atom stereocenters. The molecule has 0 radical (unpaired) electrons. The number of carbonyl (C=O) groups excluding carboxylic acids is 1. The Bertz CT molecular complexity index is 298. The van der Waals surface area contributed by atoms with Gasteiger partial charge in [-0.1, -0.05) is 13.8 Å². The summed E-state index contributed by atoms with van der Waals surface area (Å²) in [5.41, 5.74) is -0.859. The number of aliphatic hydroxyl groups is 1. The van der Waals surface area contributed by atoms with Crippen LogP contribution in [-0.2, 0) is 9.53 Å². The highest BCUT2D eigenvalue weighted by atomic mass is 19.4. The number of rotatable bonds is 5. The highest BCUT2D eigenvalue weighted by Gasteiger charge is 2.45. The van der Waals surface area contributed by atoms with E-state index in [2.05, 4.69) is 4.74 Å². The summed E-state index contributed by atoms with van der Waals surface area (Å²) < 4.78 is 39.6. The fraction of sp³-hybridized carbons (Fsp3) is 0.909. The minimum absolute atomic E-state index is 0.0445. The minimum Gasteiger partial charge on any atom is -0.386 e. The Kier molecular flexibility index (Phi) is 4.61. The second-order valence-corrected chi connectivity index (χ2v) is 4.93. The molecule has 0 aromatic rings. The molecule has 1 saturated heterocycles. The van der Waals surface area contributed by atoms with E-state index in [1.165, 1.54) is 4.90 Å². The highest BCUT2D eigenvalue weighted by Crippen LogP contribution is 2.28. The van der Waals surface area contributed by atoms with Crippen LogP contribution in [0.25, 0.3) is 0 Å². The van der Waals surface area contributed by atoms with Crippen LogP contribution in [0, 0.1) is 5.92 Å². The molecule has 0 saturated carbocycles. The van der Waals surface area contributed by atoms with Crippen molar-refractivity contribution in [3.63, 3.8) is 0 Å². The van der Waals surface area contributed by atoms with E-state index in [-0.39, 0.29) is 37.9 Å². The summed E-state index contributed by atoms with van der Waals surface area (Å²) >= 11 is 0. The first-order chi connectivity index (χ1) is 8.14. The van der Waals surface area contributed by atoms with Gasteiger partial charge in [-0.3, -0.25) is 4.79 Å². The Hall–Kier alpha value is -0.820. The van der Waals surface area contributed by atoms with Crippen LogP contribution < -0.4 is 0 Å². The largest absolute Gasteiger partial charge is 0.411 e. The number of ether oxygens (including phenoxy) is 1. The van der Waals surface area contributed by atoms with Crippen LogP contribution in [0.4, 0.5) is 13.2 Å². The van der Waals surface area contributed by atoms with Crippen LogP contribution in [-0.4, -0.2) is 54.0 Å². The van der Waals surface area contributed by atoms with Crippen molar-refractivity contribution < 1.29 is 27.8 Å². The quantitative estimate of drug-likeness (QED) is 0.763. The molecular formula is C11H18F3NO3. The molecule has 1 aliphatic rings. The molecule has 0 unspecified atom stereocenters. The first-order valence-corrected chi connectivity index (χ1v) is 5.79. The van der Waals surface area contributed by atoms with E-state index < -0.39 is 18.4 Å². The van der Waals surface area contributed by atoms with Crippen molar-refractivity contribution in [3.05, 3.63) is 0 Å². The second kappa shape index (κ2) is 5.44. The zero-order chi connectivity index (χ0) is 14.0. The standard InChI is InChI=1S/C11H18F3NO3/c1-8(2)10(17)5-15(6-10)9(16)3-4-18-7-11(12,13)14/h8,17H,3-7H2,1-2H3. The average Bonchev–Trinajstić information content (AvgIpc) is 2.17. The summed E-state index contributed by atoms with van der Waals surface area (Å²) in [6.07, 6.45) is -4.46. The summed E-state index contributed by atoms with van der Waals surface area (Å²) in [5, 5.41) is 9.91. The van der Waals surface area contributed by atoms with Gasteiger partial charge >= 0.3 is 6.18 Å². The topological polar surface area (TPSA) is 49.8 Å². The summed E-state index contributed by atoms with van der Waals surface area (Å²) in [6, 6.07) is 0. The van der Waals surface area contributed by atoms with Gasteiger partial charge in [0, 0.05) is 0 Å². The third kappa shape index (κ3) is 4.13. The number of carbonyl (C=O) groups is 1. The molecule has 0 spiro atoms. The van der Waals surface area contributed by atoms with E-state index in [9.17, 15) is 23.1 Å². The fourth-order valence-electron chi connectivity index (χ4n) is 1.66. The zero-order valence-corrected chi connectivity index (χ0v) is 10.5. The maximum absolute atomic E-state index is 11.8. The van der Waals surface area contributed by atoms with Crippen molar-refractivity contribution in [1.82, 2.24) is 4.90 Å². The van der Waals surface area contributed by atoms with Crippen molar-refractivity contribution in [1.29, 1.82) is 0 Å². The van der Waals surface area contributed by atoms with Gasteiger partial charge in [0.05, 0.1) is 26.1 Å². The van der Waals surface area contributed by atoms with Gasteiger partial charge in [-0.05, 0) is 5.92 Å². The monoisotopic (exact) mass is 269 g/mol. The van der Waals surface area contributed by atoms with Crippen LogP contribution in [0.5, 0.6) is 0 Å². The molecule has 0 bridgehead atoms. The highest BCUT2D eigenvalue weighted by molar-refractivity contribution is 5.77. The zero-order valence-electron chi connectivity index (χ0n) is 10.5. The van der Waals surface area contributed by atoms with Crippen LogP contribution in [0.15, 0.2) is 0 Å². The van der Waals surface area contributed by atoms with Gasteiger partial charge in [0.25, 0.3) is 0 Å². The summed E-state index contributed by atoms with van der Waals surface area (Å²) in [4.78, 5) is 12.9. The van der Waals surface area contributed by atoms with E-state index in [4.69, 9.17) is 0 Å². The smallest absolute Gasteiger partial charge is 0.386 e. The molecule has 18 heavy (non-hydrogen) atoms. The van der Waals surface area contributed by atoms with E-state index in [0.717, 1.165) is 0 Å². The summed E-state index contributed by atoms with van der Waals surface area (Å²) in [6.45, 7) is 2.60. The predicted molar refractivity (Wildman–Crippen MR) is 57.9 cm³/mol. The van der Waals surface area contributed by atoms with E-state index >= 15 is 0 Å². The van der Waals surface area contributed by atoms with Crippen molar-refractivity contribution in [3.8, 4) is 0 Å². The van der Waals surface area contributed by atoms with Crippen molar-refractivity contribution in [2.24, 2.45) is 5.92 Å². The molecule has 0 aromatic heterocycles. The summed E-state index contributed by atoms with van der Waals surface area (Å²) in [5.74, 6) is -0.245. The lowest BCUT2D eigenvalue weighted by molar-refractivity contribution is -0.178. The molecule has 1 amide bonds. The second-order valence-electron chi connectivity index (χ2n) is 4.93. The first kappa shape index (κ1) is 15.2. The number of nitrogens with zero attached hydrogens (tertiary/aromatic N) is 1. The van der Waals surface area contributed by atoms with Crippen LogP contribution in [0.3, 0.4) is 0 Å². The minimum atomic E-state index is -4.36. The predicted octanol–water partition coefficient (Wildman–Crippen LogP) is 1.18. The van der Waals surface area contributed by atoms with Gasteiger partial charge in [0.1, 0.15) is 12.2 Å². The molecule has 0 aliphatic carbocycles. The van der Waals surface area contributed by atoms with Gasteiger partial charge in [0.15, 0.2) is 0 Å². The van der Waals surface area contributed by atoms with Crippen LogP contribution in [0.1, 0.15) is 20.3 Å². The van der Waals surface area contributed by atoms with Crippen molar-refractivity contribution in [2.75, 3.05) is 26.3 Å². The number of amides is 1. The Morgan fingerprint density at radius 3 is 2.44 bits per heavy atom. The number of halogens is 3.